The van der Waals surface area contributed by atoms with Crippen molar-refractivity contribution in [1.82, 2.24) is 0 Å². The number of esters is 1. The van der Waals surface area contributed by atoms with E-state index in [0.29, 0.717) is 12.3 Å². The third kappa shape index (κ3) is 4.37. The number of rotatable bonds is 3. The highest BCUT2D eigenvalue weighted by Gasteiger charge is 2.20. The van der Waals surface area contributed by atoms with Gasteiger partial charge >= 0.3 is 5.97 Å². The summed E-state index contributed by atoms with van der Waals surface area (Å²) in [5.74, 6) is 0.447. The fourth-order valence-corrected chi connectivity index (χ4v) is 0.869. The summed E-state index contributed by atoms with van der Waals surface area (Å²) in [6.07, 6.45) is 1.45. The second kappa shape index (κ2) is 4.48. The Kier molecular flexibility index (Phi) is 4.29. The lowest BCUT2D eigenvalue weighted by Crippen LogP contribution is -2.18. The first-order valence-electron chi connectivity index (χ1n) is 4.44. The monoisotopic (exact) mass is 172 g/mol. The first-order valence-corrected chi connectivity index (χ1v) is 4.44. The first-order chi connectivity index (χ1) is 5.38. The van der Waals surface area contributed by atoms with Crippen LogP contribution < -0.4 is 0 Å². The lowest BCUT2D eigenvalue weighted by atomic mass is 9.79. The molecule has 0 fully saturated rings. The number of hydrogen-bond acceptors (Lipinski definition) is 2. The van der Waals surface area contributed by atoms with Crippen molar-refractivity contribution < 1.29 is 9.53 Å². The highest BCUT2D eigenvalue weighted by molar-refractivity contribution is 5.69. The maximum absolute atomic E-state index is 10.8. The van der Waals surface area contributed by atoms with Crippen LogP contribution in [0.15, 0.2) is 0 Å². The zero-order valence-corrected chi connectivity index (χ0v) is 8.81. The predicted molar refractivity (Wildman–Crippen MR) is 49.9 cm³/mol. The van der Waals surface area contributed by atoms with Gasteiger partial charge in [-0.2, -0.15) is 0 Å². The number of carbonyl (C=O) groups is 1. The van der Waals surface area contributed by atoms with Gasteiger partial charge in [0, 0.05) is 6.42 Å². The molecule has 1 atom stereocenters. The summed E-state index contributed by atoms with van der Waals surface area (Å²) in [6, 6.07) is 0. The van der Waals surface area contributed by atoms with E-state index >= 15 is 0 Å². The average molecular weight is 172 g/mol. The van der Waals surface area contributed by atoms with Crippen molar-refractivity contribution >= 4 is 5.97 Å². The van der Waals surface area contributed by atoms with Crippen molar-refractivity contribution in [2.45, 2.75) is 40.5 Å². The maximum Gasteiger partial charge on any atom is 0.305 e. The second-order valence-corrected chi connectivity index (χ2v) is 4.38. The van der Waals surface area contributed by atoms with E-state index in [9.17, 15) is 4.79 Å². The summed E-state index contributed by atoms with van der Waals surface area (Å²) >= 11 is 0. The van der Waals surface area contributed by atoms with Gasteiger partial charge in [-0.05, 0) is 17.8 Å². The molecule has 0 aliphatic heterocycles. The van der Waals surface area contributed by atoms with Crippen molar-refractivity contribution in [2.75, 3.05) is 7.11 Å². The highest BCUT2D eigenvalue weighted by Crippen LogP contribution is 2.28. The lowest BCUT2D eigenvalue weighted by molar-refractivity contribution is -0.141. The molecular weight excluding hydrogens is 152 g/mol. The molecule has 0 saturated carbocycles. The number of methoxy groups -OCH3 is 1. The molecule has 0 amide bonds. The Morgan fingerprint density at radius 3 is 2.25 bits per heavy atom. The minimum Gasteiger partial charge on any atom is -0.469 e. The maximum atomic E-state index is 10.8. The Labute approximate surface area is 75.3 Å². The molecule has 0 rings (SSSR count). The Hall–Kier alpha value is -0.530. The van der Waals surface area contributed by atoms with E-state index in [4.69, 9.17) is 0 Å². The first kappa shape index (κ1) is 11.5. The van der Waals surface area contributed by atoms with Crippen molar-refractivity contribution in [3.63, 3.8) is 0 Å². The van der Waals surface area contributed by atoms with E-state index in [0.717, 1.165) is 6.42 Å². The molecule has 0 saturated heterocycles. The van der Waals surface area contributed by atoms with Crippen molar-refractivity contribution in [1.29, 1.82) is 0 Å². The summed E-state index contributed by atoms with van der Waals surface area (Å²) < 4.78 is 4.57. The molecule has 1 unspecified atom stereocenters. The molecule has 0 spiro atoms. The Balaban J connectivity index is 3.72. The van der Waals surface area contributed by atoms with Gasteiger partial charge in [0.1, 0.15) is 0 Å². The van der Waals surface area contributed by atoms with Crippen LogP contribution in [-0.4, -0.2) is 13.1 Å². The van der Waals surface area contributed by atoms with Gasteiger partial charge in [0.25, 0.3) is 0 Å². The van der Waals surface area contributed by atoms with Crippen LogP contribution in [0.5, 0.6) is 0 Å². The van der Waals surface area contributed by atoms with Gasteiger partial charge in [-0.1, -0.05) is 27.7 Å². The average Bonchev–Trinajstić information content (AvgIpc) is 1.97. The molecule has 0 aromatic carbocycles. The molecule has 0 radical (unpaired) electrons. The quantitative estimate of drug-likeness (QED) is 0.612. The molecule has 0 aromatic rings. The Morgan fingerprint density at radius 1 is 1.42 bits per heavy atom. The second-order valence-electron chi connectivity index (χ2n) is 4.38. The molecule has 2 nitrogen and oxygen atoms in total. The van der Waals surface area contributed by atoms with Crippen LogP contribution in [0.25, 0.3) is 0 Å². The van der Waals surface area contributed by atoms with Crippen LogP contribution in [0.4, 0.5) is 0 Å². The fourth-order valence-electron chi connectivity index (χ4n) is 0.869. The predicted octanol–water partition coefficient (Wildman–Crippen LogP) is 2.62. The number of carbonyl (C=O) groups excluding carboxylic acids is 1. The summed E-state index contributed by atoms with van der Waals surface area (Å²) in [6.45, 7) is 8.74. The van der Waals surface area contributed by atoms with Crippen LogP contribution in [0.2, 0.25) is 0 Å². The standard InChI is InChI=1S/C10H20O2/c1-8(10(2,3)4)6-7-9(11)12-5/h8H,6-7H2,1-5H3. The Bertz CT molecular complexity index is 144. The smallest absolute Gasteiger partial charge is 0.305 e. The van der Waals surface area contributed by atoms with Crippen LogP contribution in [0.1, 0.15) is 40.5 Å². The fraction of sp³-hybridized carbons (Fsp3) is 0.900. The van der Waals surface area contributed by atoms with Crippen LogP contribution in [-0.2, 0) is 9.53 Å². The summed E-state index contributed by atoms with van der Waals surface area (Å²) in [5.41, 5.74) is 0.286. The van der Waals surface area contributed by atoms with Gasteiger partial charge in [0.15, 0.2) is 0 Å². The van der Waals surface area contributed by atoms with Crippen molar-refractivity contribution in [2.24, 2.45) is 11.3 Å². The number of hydrogen-bond donors (Lipinski definition) is 0. The summed E-state index contributed by atoms with van der Waals surface area (Å²) in [5, 5.41) is 0. The lowest BCUT2D eigenvalue weighted by Gasteiger charge is -2.26. The topological polar surface area (TPSA) is 26.3 Å². The minimum atomic E-state index is -0.105. The van der Waals surface area contributed by atoms with E-state index in [2.05, 4.69) is 32.4 Å². The molecular formula is C10H20O2. The van der Waals surface area contributed by atoms with Gasteiger partial charge in [0.2, 0.25) is 0 Å². The summed E-state index contributed by atoms with van der Waals surface area (Å²) in [4.78, 5) is 10.8. The van der Waals surface area contributed by atoms with Gasteiger partial charge in [-0.25, -0.2) is 0 Å². The third-order valence-corrected chi connectivity index (χ3v) is 2.49. The van der Waals surface area contributed by atoms with E-state index in [1.807, 2.05) is 0 Å². The molecule has 0 aromatic heterocycles. The third-order valence-electron chi connectivity index (χ3n) is 2.49. The van der Waals surface area contributed by atoms with E-state index in [-0.39, 0.29) is 11.4 Å². The van der Waals surface area contributed by atoms with Crippen molar-refractivity contribution in [3.05, 3.63) is 0 Å². The highest BCUT2D eigenvalue weighted by atomic mass is 16.5. The van der Waals surface area contributed by atoms with E-state index < -0.39 is 0 Å². The SMILES string of the molecule is COC(=O)CCC(C)C(C)(C)C. The van der Waals surface area contributed by atoms with E-state index in [1.54, 1.807) is 0 Å². The molecule has 72 valence electrons. The van der Waals surface area contributed by atoms with Crippen LogP contribution in [0, 0.1) is 11.3 Å². The molecule has 0 bridgehead atoms. The number of ether oxygens (including phenoxy) is 1. The van der Waals surface area contributed by atoms with Gasteiger partial charge in [-0.15, -0.1) is 0 Å². The molecule has 0 aliphatic rings. The van der Waals surface area contributed by atoms with Crippen LogP contribution >= 0.6 is 0 Å². The largest absolute Gasteiger partial charge is 0.469 e. The molecule has 12 heavy (non-hydrogen) atoms. The molecule has 2 heteroatoms. The molecule has 0 heterocycles. The summed E-state index contributed by atoms with van der Waals surface area (Å²) in [7, 11) is 1.43. The zero-order chi connectivity index (χ0) is 9.78. The van der Waals surface area contributed by atoms with Gasteiger partial charge in [0.05, 0.1) is 7.11 Å². The minimum absolute atomic E-state index is 0.105. The van der Waals surface area contributed by atoms with Gasteiger partial charge in [-0.3, -0.25) is 4.79 Å². The Morgan fingerprint density at radius 2 is 1.92 bits per heavy atom. The van der Waals surface area contributed by atoms with E-state index in [1.165, 1.54) is 7.11 Å². The zero-order valence-electron chi connectivity index (χ0n) is 8.81. The molecule has 0 aliphatic carbocycles. The van der Waals surface area contributed by atoms with Gasteiger partial charge < -0.3 is 4.74 Å². The van der Waals surface area contributed by atoms with Crippen molar-refractivity contribution in [3.8, 4) is 0 Å². The van der Waals surface area contributed by atoms with Crippen LogP contribution in [0.3, 0.4) is 0 Å². The molecule has 0 N–H and O–H groups in total. The normalized spacial score (nSPS) is 14.1.